The third kappa shape index (κ3) is 4.16. The lowest BCUT2D eigenvalue weighted by Crippen LogP contribution is -2.22. The van der Waals surface area contributed by atoms with E-state index in [1.807, 2.05) is 6.92 Å². The SMILES string of the molecule is CCNC(=O)c1ccc(C(=O)C2CCCCC(C)C2)cc1. The molecule has 2 unspecified atom stereocenters. The molecule has 21 heavy (non-hydrogen) atoms. The van der Waals surface area contributed by atoms with Gasteiger partial charge in [-0.05, 0) is 37.8 Å². The van der Waals surface area contributed by atoms with Crippen molar-refractivity contribution < 1.29 is 9.59 Å². The van der Waals surface area contributed by atoms with Gasteiger partial charge in [0, 0.05) is 23.6 Å². The van der Waals surface area contributed by atoms with Crippen molar-refractivity contribution in [3.63, 3.8) is 0 Å². The van der Waals surface area contributed by atoms with Crippen LogP contribution in [0.15, 0.2) is 24.3 Å². The van der Waals surface area contributed by atoms with Gasteiger partial charge in [-0.25, -0.2) is 0 Å². The number of hydrogen-bond acceptors (Lipinski definition) is 2. The molecule has 0 spiro atoms. The van der Waals surface area contributed by atoms with Crippen LogP contribution in [0.25, 0.3) is 0 Å². The largest absolute Gasteiger partial charge is 0.352 e. The summed E-state index contributed by atoms with van der Waals surface area (Å²) in [7, 11) is 0. The smallest absolute Gasteiger partial charge is 0.251 e. The van der Waals surface area contributed by atoms with Crippen molar-refractivity contribution in [1.82, 2.24) is 5.32 Å². The highest BCUT2D eigenvalue weighted by atomic mass is 16.1. The van der Waals surface area contributed by atoms with Gasteiger partial charge in [0.05, 0.1) is 0 Å². The number of rotatable bonds is 4. The zero-order valence-electron chi connectivity index (χ0n) is 13.0. The molecule has 0 aliphatic heterocycles. The first-order valence-corrected chi connectivity index (χ1v) is 8.04. The Balaban J connectivity index is 2.07. The predicted molar refractivity (Wildman–Crippen MR) is 84.5 cm³/mol. The number of Topliss-reactive ketones (excluding diaryl/α,β-unsaturated/α-hetero) is 1. The number of carbonyl (C=O) groups is 2. The molecule has 1 aromatic carbocycles. The van der Waals surface area contributed by atoms with Crippen LogP contribution in [-0.2, 0) is 0 Å². The lowest BCUT2D eigenvalue weighted by atomic mass is 9.87. The van der Waals surface area contributed by atoms with E-state index < -0.39 is 0 Å². The summed E-state index contributed by atoms with van der Waals surface area (Å²) in [5, 5.41) is 2.76. The Bertz CT molecular complexity index is 492. The Hall–Kier alpha value is -1.64. The van der Waals surface area contributed by atoms with Crippen LogP contribution in [-0.4, -0.2) is 18.2 Å². The first-order chi connectivity index (χ1) is 10.1. The third-order valence-corrected chi connectivity index (χ3v) is 4.33. The van der Waals surface area contributed by atoms with Gasteiger partial charge in [-0.2, -0.15) is 0 Å². The predicted octanol–water partition coefficient (Wildman–Crippen LogP) is 3.84. The quantitative estimate of drug-likeness (QED) is 0.675. The van der Waals surface area contributed by atoms with Crippen molar-refractivity contribution >= 4 is 11.7 Å². The highest BCUT2D eigenvalue weighted by Gasteiger charge is 2.24. The third-order valence-electron chi connectivity index (χ3n) is 4.33. The van der Waals surface area contributed by atoms with E-state index in [2.05, 4.69) is 12.2 Å². The van der Waals surface area contributed by atoms with E-state index in [1.165, 1.54) is 12.8 Å². The van der Waals surface area contributed by atoms with E-state index >= 15 is 0 Å². The number of nitrogens with one attached hydrogen (secondary N) is 1. The molecule has 1 N–H and O–H groups in total. The van der Waals surface area contributed by atoms with Gasteiger partial charge in [0.1, 0.15) is 0 Å². The molecule has 0 bridgehead atoms. The standard InChI is InChI=1S/C18H25NO2/c1-3-19-18(21)15-10-8-14(9-11-15)17(20)16-7-5-4-6-13(2)12-16/h8-11,13,16H,3-7,12H2,1-2H3,(H,19,21). The van der Waals surface area contributed by atoms with Crippen molar-refractivity contribution in [3.8, 4) is 0 Å². The fourth-order valence-electron chi connectivity index (χ4n) is 3.13. The van der Waals surface area contributed by atoms with Crippen LogP contribution in [0.5, 0.6) is 0 Å². The van der Waals surface area contributed by atoms with Crippen LogP contribution in [0, 0.1) is 11.8 Å². The van der Waals surface area contributed by atoms with E-state index in [0.29, 0.717) is 18.0 Å². The summed E-state index contributed by atoms with van der Waals surface area (Å²) in [5.41, 5.74) is 1.35. The van der Waals surface area contributed by atoms with Gasteiger partial charge < -0.3 is 5.32 Å². The van der Waals surface area contributed by atoms with Crippen molar-refractivity contribution in [2.24, 2.45) is 11.8 Å². The van der Waals surface area contributed by atoms with Crippen LogP contribution in [0.4, 0.5) is 0 Å². The first kappa shape index (κ1) is 15.7. The molecule has 3 nitrogen and oxygen atoms in total. The second-order valence-electron chi connectivity index (χ2n) is 6.12. The van der Waals surface area contributed by atoms with E-state index in [9.17, 15) is 9.59 Å². The fourth-order valence-corrected chi connectivity index (χ4v) is 3.13. The maximum Gasteiger partial charge on any atom is 0.251 e. The highest BCUT2D eigenvalue weighted by Crippen LogP contribution is 2.29. The van der Waals surface area contributed by atoms with Gasteiger partial charge in [0.15, 0.2) is 5.78 Å². The topological polar surface area (TPSA) is 46.2 Å². The Labute approximate surface area is 127 Å². The zero-order chi connectivity index (χ0) is 15.2. The molecule has 2 rings (SSSR count). The van der Waals surface area contributed by atoms with Crippen LogP contribution < -0.4 is 5.32 Å². The maximum atomic E-state index is 12.6. The normalized spacial score (nSPS) is 22.4. The van der Waals surface area contributed by atoms with Gasteiger partial charge >= 0.3 is 0 Å². The van der Waals surface area contributed by atoms with Crippen LogP contribution >= 0.6 is 0 Å². The molecule has 1 aromatic rings. The molecule has 3 heteroatoms. The fraction of sp³-hybridized carbons (Fsp3) is 0.556. The minimum atomic E-state index is -0.0837. The molecule has 1 aliphatic carbocycles. The Morgan fingerprint density at radius 2 is 1.71 bits per heavy atom. The lowest BCUT2D eigenvalue weighted by molar-refractivity contribution is 0.0897. The summed E-state index contributed by atoms with van der Waals surface area (Å²) >= 11 is 0. The number of benzene rings is 1. The van der Waals surface area contributed by atoms with Gasteiger partial charge in [-0.15, -0.1) is 0 Å². The minimum Gasteiger partial charge on any atom is -0.352 e. The first-order valence-electron chi connectivity index (χ1n) is 8.04. The monoisotopic (exact) mass is 287 g/mol. The van der Waals surface area contributed by atoms with Gasteiger partial charge in [-0.3, -0.25) is 9.59 Å². The summed E-state index contributed by atoms with van der Waals surface area (Å²) in [6, 6.07) is 7.08. The second kappa shape index (κ2) is 7.39. The average Bonchev–Trinajstić information content (AvgIpc) is 2.71. The minimum absolute atomic E-state index is 0.0837. The van der Waals surface area contributed by atoms with E-state index in [0.717, 1.165) is 24.8 Å². The van der Waals surface area contributed by atoms with E-state index in [1.54, 1.807) is 24.3 Å². The molecule has 0 heterocycles. The zero-order valence-corrected chi connectivity index (χ0v) is 13.0. The van der Waals surface area contributed by atoms with Gasteiger partial charge in [-0.1, -0.05) is 38.3 Å². The molecule has 0 radical (unpaired) electrons. The summed E-state index contributed by atoms with van der Waals surface area (Å²) in [5.74, 6) is 0.944. The molecule has 1 aliphatic rings. The van der Waals surface area contributed by atoms with Crippen LogP contribution in [0.3, 0.4) is 0 Å². The van der Waals surface area contributed by atoms with Crippen molar-refractivity contribution in [1.29, 1.82) is 0 Å². The van der Waals surface area contributed by atoms with E-state index in [4.69, 9.17) is 0 Å². The van der Waals surface area contributed by atoms with Gasteiger partial charge in [0.25, 0.3) is 5.91 Å². The molecule has 114 valence electrons. The van der Waals surface area contributed by atoms with Crippen molar-refractivity contribution in [3.05, 3.63) is 35.4 Å². The molecule has 1 saturated carbocycles. The molecular formula is C18H25NO2. The number of hydrogen-bond donors (Lipinski definition) is 1. The summed E-state index contributed by atoms with van der Waals surface area (Å²) in [6.45, 7) is 4.74. The molecular weight excluding hydrogens is 262 g/mol. The number of carbonyl (C=O) groups excluding carboxylic acids is 2. The Kier molecular flexibility index (Phi) is 5.54. The molecule has 0 saturated heterocycles. The van der Waals surface area contributed by atoms with Crippen molar-refractivity contribution in [2.75, 3.05) is 6.54 Å². The van der Waals surface area contributed by atoms with Gasteiger partial charge in [0.2, 0.25) is 0 Å². The van der Waals surface area contributed by atoms with Crippen LogP contribution in [0.2, 0.25) is 0 Å². The number of amides is 1. The van der Waals surface area contributed by atoms with Crippen molar-refractivity contribution in [2.45, 2.75) is 46.0 Å². The van der Waals surface area contributed by atoms with E-state index in [-0.39, 0.29) is 17.6 Å². The Morgan fingerprint density at radius 1 is 1.10 bits per heavy atom. The molecule has 0 aromatic heterocycles. The summed E-state index contributed by atoms with van der Waals surface area (Å²) in [4.78, 5) is 24.3. The molecule has 1 fully saturated rings. The average molecular weight is 287 g/mol. The molecule has 1 amide bonds. The lowest BCUT2D eigenvalue weighted by Gasteiger charge is -2.16. The summed E-state index contributed by atoms with van der Waals surface area (Å²) < 4.78 is 0. The van der Waals surface area contributed by atoms with Crippen LogP contribution in [0.1, 0.15) is 66.7 Å². The number of ketones is 1. The summed E-state index contributed by atoms with van der Waals surface area (Å²) in [6.07, 6.45) is 5.62. The highest BCUT2D eigenvalue weighted by molar-refractivity contribution is 5.99. The Morgan fingerprint density at radius 3 is 2.38 bits per heavy atom. The maximum absolute atomic E-state index is 12.6. The second-order valence-corrected chi connectivity index (χ2v) is 6.12. The molecule has 2 atom stereocenters.